The van der Waals surface area contributed by atoms with Crippen molar-refractivity contribution >= 4 is 38.9 Å². The lowest BCUT2D eigenvalue weighted by Gasteiger charge is -2.30. The summed E-state index contributed by atoms with van der Waals surface area (Å²) in [6, 6.07) is 9.38. The first-order valence-corrected chi connectivity index (χ1v) is 10.4. The molecule has 1 aromatic carbocycles. The van der Waals surface area contributed by atoms with Gasteiger partial charge in [0.2, 0.25) is 0 Å². The molecule has 3 rings (SSSR count). The van der Waals surface area contributed by atoms with Gasteiger partial charge in [-0.25, -0.2) is 8.42 Å². The van der Waals surface area contributed by atoms with Crippen molar-refractivity contribution in [3.63, 3.8) is 0 Å². The van der Waals surface area contributed by atoms with Crippen LogP contribution in [0, 0.1) is 5.92 Å². The number of sulfonamides is 1. The normalized spacial score (nSPS) is 17.7. The first-order chi connectivity index (χ1) is 12.4. The number of thiophene rings is 1. The first kappa shape index (κ1) is 18.4. The summed E-state index contributed by atoms with van der Waals surface area (Å²) >= 11 is 1.10. The van der Waals surface area contributed by atoms with E-state index in [0.717, 1.165) is 11.3 Å². The van der Waals surface area contributed by atoms with Crippen molar-refractivity contribution in [1.29, 1.82) is 0 Å². The number of benzene rings is 1. The van der Waals surface area contributed by atoms with Crippen molar-refractivity contribution in [2.75, 3.05) is 17.8 Å². The van der Waals surface area contributed by atoms with Crippen LogP contribution in [0.5, 0.6) is 0 Å². The van der Waals surface area contributed by atoms with E-state index >= 15 is 0 Å². The van der Waals surface area contributed by atoms with Gasteiger partial charge in [-0.15, -0.1) is 11.3 Å². The van der Waals surface area contributed by atoms with Crippen molar-refractivity contribution in [2.24, 2.45) is 5.92 Å². The molecule has 1 atom stereocenters. The van der Waals surface area contributed by atoms with Gasteiger partial charge in [-0.3, -0.25) is 14.3 Å². The van der Waals surface area contributed by atoms with Gasteiger partial charge < -0.3 is 10.0 Å². The maximum atomic E-state index is 12.7. The Kier molecular flexibility index (Phi) is 5.28. The molecule has 1 aliphatic rings. The summed E-state index contributed by atoms with van der Waals surface area (Å²) in [6.45, 7) is 0.660. The number of hydrogen-bond acceptors (Lipinski definition) is 5. The van der Waals surface area contributed by atoms with Crippen molar-refractivity contribution in [3.8, 4) is 0 Å². The predicted octanol–water partition coefficient (Wildman–Crippen LogP) is 2.49. The molecule has 2 heterocycles. The molecule has 0 unspecified atom stereocenters. The number of anilines is 1. The van der Waals surface area contributed by atoms with Gasteiger partial charge in [0.15, 0.2) is 0 Å². The quantitative estimate of drug-likeness (QED) is 0.811. The minimum Gasteiger partial charge on any atom is -0.481 e. The van der Waals surface area contributed by atoms with Gasteiger partial charge in [0, 0.05) is 24.3 Å². The zero-order valence-electron chi connectivity index (χ0n) is 13.8. The molecule has 1 aliphatic heterocycles. The fourth-order valence-electron chi connectivity index (χ4n) is 2.88. The van der Waals surface area contributed by atoms with E-state index in [1.165, 1.54) is 17.0 Å². The minimum absolute atomic E-state index is 0.166. The summed E-state index contributed by atoms with van der Waals surface area (Å²) in [5.74, 6) is -1.76. The lowest BCUT2D eigenvalue weighted by molar-refractivity contribution is -0.143. The third kappa shape index (κ3) is 4.05. The van der Waals surface area contributed by atoms with Crippen LogP contribution in [0.25, 0.3) is 0 Å². The molecule has 7 nitrogen and oxygen atoms in total. The van der Waals surface area contributed by atoms with Crippen molar-refractivity contribution in [3.05, 3.63) is 47.3 Å². The van der Waals surface area contributed by atoms with Crippen molar-refractivity contribution < 1.29 is 23.1 Å². The topological polar surface area (TPSA) is 104 Å². The van der Waals surface area contributed by atoms with E-state index in [-0.39, 0.29) is 22.3 Å². The Labute approximate surface area is 155 Å². The van der Waals surface area contributed by atoms with Gasteiger partial charge in [0.1, 0.15) is 4.21 Å². The van der Waals surface area contributed by atoms with Crippen LogP contribution in [0.1, 0.15) is 23.2 Å². The van der Waals surface area contributed by atoms with E-state index in [2.05, 4.69) is 4.72 Å². The van der Waals surface area contributed by atoms with Crippen LogP contribution in [-0.4, -0.2) is 43.4 Å². The highest BCUT2D eigenvalue weighted by atomic mass is 32.2. The zero-order valence-corrected chi connectivity index (χ0v) is 15.4. The fourth-order valence-corrected chi connectivity index (χ4v) is 4.93. The van der Waals surface area contributed by atoms with Gasteiger partial charge in [-0.1, -0.05) is 12.1 Å². The van der Waals surface area contributed by atoms with E-state index in [1.807, 2.05) is 0 Å². The third-order valence-corrected chi connectivity index (χ3v) is 6.96. The van der Waals surface area contributed by atoms with Crippen LogP contribution in [-0.2, 0) is 14.8 Å². The molecule has 0 saturated carbocycles. The third-order valence-electron chi connectivity index (χ3n) is 4.18. The summed E-state index contributed by atoms with van der Waals surface area (Å²) in [7, 11) is -3.69. The molecule has 138 valence electrons. The lowest BCUT2D eigenvalue weighted by Crippen LogP contribution is -2.42. The SMILES string of the molecule is O=C(O)[C@H]1CCCN(C(=O)c2cccc(NS(=O)(=O)c3cccs3)c2)C1. The number of hydrogen-bond donors (Lipinski definition) is 2. The summed E-state index contributed by atoms with van der Waals surface area (Å²) < 4.78 is 27.3. The Bertz CT molecular complexity index is 909. The van der Waals surface area contributed by atoms with Crippen LogP contribution in [0.15, 0.2) is 46.0 Å². The van der Waals surface area contributed by atoms with Crippen LogP contribution in [0.3, 0.4) is 0 Å². The number of rotatable bonds is 5. The number of piperidine rings is 1. The molecule has 1 fully saturated rings. The Morgan fingerprint density at radius 2 is 2.04 bits per heavy atom. The van der Waals surface area contributed by atoms with Crippen LogP contribution in [0.4, 0.5) is 5.69 Å². The molecule has 9 heteroatoms. The number of amides is 1. The number of carboxylic acid groups (broad SMARTS) is 1. The van der Waals surface area contributed by atoms with E-state index in [9.17, 15) is 18.0 Å². The minimum atomic E-state index is -3.69. The molecular formula is C17H18N2O5S2. The summed E-state index contributed by atoms with van der Waals surface area (Å²) in [5.41, 5.74) is 0.610. The first-order valence-electron chi connectivity index (χ1n) is 8.05. The monoisotopic (exact) mass is 394 g/mol. The average molecular weight is 394 g/mol. The van der Waals surface area contributed by atoms with Gasteiger partial charge in [-0.2, -0.15) is 0 Å². The average Bonchev–Trinajstić information content (AvgIpc) is 3.17. The van der Waals surface area contributed by atoms with Crippen LogP contribution in [0.2, 0.25) is 0 Å². The summed E-state index contributed by atoms with van der Waals surface area (Å²) in [6.07, 6.45) is 1.19. The standard InChI is InChI=1S/C17H18N2O5S2/c20-16(19-8-2-5-13(11-19)17(21)22)12-4-1-6-14(10-12)18-26(23,24)15-7-3-9-25-15/h1,3-4,6-7,9-10,13,18H,2,5,8,11H2,(H,21,22)/t13-/m0/s1. The second kappa shape index (κ2) is 7.46. The molecule has 1 aromatic heterocycles. The molecule has 2 N–H and O–H groups in total. The number of nitrogens with zero attached hydrogens (tertiary/aromatic N) is 1. The van der Waals surface area contributed by atoms with Gasteiger partial charge in [0.05, 0.1) is 5.92 Å². The highest BCUT2D eigenvalue weighted by Crippen LogP contribution is 2.23. The van der Waals surface area contributed by atoms with Crippen LogP contribution >= 0.6 is 11.3 Å². The van der Waals surface area contributed by atoms with E-state index in [1.54, 1.807) is 29.6 Å². The Hall–Kier alpha value is -2.39. The number of aliphatic carboxylic acids is 1. The maximum absolute atomic E-state index is 12.7. The molecule has 1 saturated heterocycles. The number of likely N-dealkylation sites (tertiary alicyclic amines) is 1. The molecule has 0 spiro atoms. The second-order valence-electron chi connectivity index (χ2n) is 6.05. The van der Waals surface area contributed by atoms with E-state index < -0.39 is 21.9 Å². The largest absolute Gasteiger partial charge is 0.481 e. The van der Waals surface area contributed by atoms with Gasteiger partial charge >= 0.3 is 5.97 Å². The molecule has 0 radical (unpaired) electrons. The Morgan fingerprint density at radius 3 is 2.73 bits per heavy atom. The highest BCUT2D eigenvalue weighted by molar-refractivity contribution is 7.94. The number of carboxylic acids is 1. The summed E-state index contributed by atoms with van der Waals surface area (Å²) in [5, 5.41) is 10.8. The van der Waals surface area contributed by atoms with E-state index in [0.29, 0.717) is 24.9 Å². The molecule has 1 amide bonds. The molecule has 0 bridgehead atoms. The van der Waals surface area contributed by atoms with Crippen molar-refractivity contribution in [2.45, 2.75) is 17.1 Å². The number of nitrogens with one attached hydrogen (secondary N) is 1. The molecule has 26 heavy (non-hydrogen) atoms. The Balaban J connectivity index is 1.77. The second-order valence-corrected chi connectivity index (χ2v) is 8.90. The zero-order chi connectivity index (χ0) is 18.7. The molecular weight excluding hydrogens is 376 g/mol. The summed E-state index contributed by atoms with van der Waals surface area (Å²) in [4.78, 5) is 25.3. The fraction of sp³-hybridized carbons (Fsp3) is 0.294. The van der Waals surface area contributed by atoms with Gasteiger partial charge in [-0.05, 0) is 42.5 Å². The maximum Gasteiger partial charge on any atom is 0.308 e. The smallest absolute Gasteiger partial charge is 0.308 e. The molecule has 0 aliphatic carbocycles. The van der Waals surface area contributed by atoms with Gasteiger partial charge in [0.25, 0.3) is 15.9 Å². The number of carbonyl (C=O) groups is 2. The molecule has 2 aromatic rings. The lowest BCUT2D eigenvalue weighted by atomic mass is 9.97. The van der Waals surface area contributed by atoms with Crippen LogP contribution < -0.4 is 4.72 Å². The Morgan fingerprint density at radius 1 is 1.23 bits per heavy atom. The van der Waals surface area contributed by atoms with E-state index in [4.69, 9.17) is 5.11 Å². The van der Waals surface area contributed by atoms with Crippen molar-refractivity contribution in [1.82, 2.24) is 4.90 Å². The predicted molar refractivity (Wildman–Crippen MR) is 97.8 cm³/mol. The number of carbonyl (C=O) groups excluding carboxylic acids is 1. The highest BCUT2D eigenvalue weighted by Gasteiger charge is 2.28.